The van der Waals surface area contributed by atoms with Crippen molar-refractivity contribution in [2.45, 2.75) is 13.0 Å². The van der Waals surface area contributed by atoms with Crippen LogP contribution in [0.1, 0.15) is 11.3 Å². The van der Waals surface area contributed by atoms with Crippen molar-refractivity contribution in [1.82, 2.24) is 0 Å². The number of rotatable bonds is 6. The highest BCUT2D eigenvalue weighted by Gasteiger charge is 2.15. The molecule has 3 rings (SSSR count). The van der Waals surface area contributed by atoms with Gasteiger partial charge in [0.25, 0.3) is 0 Å². The number of ether oxygens (including phenoxy) is 2. The Kier molecular flexibility index (Phi) is 4.62. The molecule has 0 spiro atoms. The molecular weight excluding hydrogens is 286 g/mol. The Morgan fingerprint density at radius 2 is 2.00 bits per heavy atom. The Morgan fingerprint density at radius 3 is 2.76 bits per heavy atom. The van der Waals surface area contributed by atoms with Crippen LogP contribution in [0.4, 0.5) is 5.69 Å². The second-order valence-corrected chi connectivity index (χ2v) is 5.94. The zero-order chi connectivity index (χ0) is 14.5. The summed E-state index contributed by atoms with van der Waals surface area (Å²) < 4.78 is 11.2. The lowest BCUT2D eigenvalue weighted by Crippen LogP contribution is -2.24. The van der Waals surface area contributed by atoms with Crippen LogP contribution in [0.15, 0.2) is 35.7 Å². The maximum absolute atomic E-state index is 9.11. The van der Waals surface area contributed by atoms with Gasteiger partial charge in [0, 0.05) is 29.8 Å². The van der Waals surface area contributed by atoms with Crippen LogP contribution in [0.3, 0.4) is 0 Å². The van der Waals surface area contributed by atoms with Crippen molar-refractivity contribution >= 4 is 17.0 Å². The first-order chi connectivity index (χ1) is 10.4. The van der Waals surface area contributed by atoms with Gasteiger partial charge < -0.3 is 19.5 Å². The average molecular weight is 305 g/mol. The van der Waals surface area contributed by atoms with Gasteiger partial charge in [-0.2, -0.15) is 0 Å². The number of hydrogen-bond donors (Lipinski definition) is 1. The summed E-state index contributed by atoms with van der Waals surface area (Å²) in [7, 11) is 0. The molecule has 2 heterocycles. The summed E-state index contributed by atoms with van der Waals surface area (Å²) in [5, 5.41) is 11.2. The molecular formula is C16H19NO3S. The molecule has 0 saturated carbocycles. The van der Waals surface area contributed by atoms with Gasteiger partial charge >= 0.3 is 0 Å². The van der Waals surface area contributed by atoms with Gasteiger partial charge in [0.1, 0.15) is 13.2 Å². The van der Waals surface area contributed by atoms with Gasteiger partial charge in [-0.3, -0.25) is 0 Å². The monoisotopic (exact) mass is 305 g/mol. The molecule has 1 aromatic heterocycles. The lowest BCUT2D eigenvalue weighted by atomic mass is 10.2. The smallest absolute Gasteiger partial charge is 0.163 e. The number of benzene rings is 1. The Morgan fingerprint density at radius 1 is 1.14 bits per heavy atom. The third-order valence-corrected chi connectivity index (χ3v) is 4.26. The van der Waals surface area contributed by atoms with E-state index < -0.39 is 0 Å². The summed E-state index contributed by atoms with van der Waals surface area (Å²) in [6.07, 6.45) is 0.750. The first-order valence-corrected chi connectivity index (χ1v) is 8.02. The molecule has 0 radical (unpaired) electrons. The number of hydrogen-bond acceptors (Lipinski definition) is 5. The molecule has 0 aliphatic carbocycles. The van der Waals surface area contributed by atoms with E-state index in [4.69, 9.17) is 14.6 Å². The highest BCUT2D eigenvalue weighted by atomic mass is 32.1. The lowest BCUT2D eigenvalue weighted by Gasteiger charge is -2.26. The topological polar surface area (TPSA) is 41.9 Å². The molecule has 1 aliphatic rings. The number of aliphatic hydroxyl groups is 1. The first-order valence-electron chi connectivity index (χ1n) is 7.14. The van der Waals surface area contributed by atoms with Crippen LogP contribution in [0.25, 0.3) is 0 Å². The molecule has 0 unspecified atom stereocenters. The van der Waals surface area contributed by atoms with E-state index in [1.807, 2.05) is 12.1 Å². The quantitative estimate of drug-likeness (QED) is 0.891. The third kappa shape index (κ3) is 3.49. The molecule has 1 aromatic carbocycles. The normalized spacial score (nSPS) is 13.2. The predicted octanol–water partition coefficient (Wildman–Crippen LogP) is 2.91. The molecule has 4 nitrogen and oxygen atoms in total. The zero-order valence-corrected chi connectivity index (χ0v) is 12.6. The second-order valence-electron chi connectivity index (χ2n) is 4.91. The number of fused-ring (bicyclic) bond motifs is 1. The Labute approximate surface area is 128 Å². The van der Waals surface area contributed by atoms with Crippen molar-refractivity contribution in [3.05, 3.63) is 40.6 Å². The largest absolute Gasteiger partial charge is 0.486 e. The van der Waals surface area contributed by atoms with E-state index in [1.165, 1.54) is 4.88 Å². The minimum Gasteiger partial charge on any atom is -0.486 e. The standard InChI is InChI=1S/C16H19NO3S/c18-7-2-6-17(12-14-3-1-10-21-14)13-4-5-15-16(11-13)20-9-8-19-15/h1,3-5,10-11,18H,2,6-9,12H2. The molecule has 112 valence electrons. The fourth-order valence-electron chi connectivity index (χ4n) is 2.38. The van der Waals surface area contributed by atoms with Crippen LogP contribution in [0.5, 0.6) is 11.5 Å². The molecule has 0 atom stereocenters. The van der Waals surface area contributed by atoms with Crippen molar-refractivity contribution in [2.75, 3.05) is 31.3 Å². The molecule has 21 heavy (non-hydrogen) atoms. The van der Waals surface area contributed by atoms with E-state index in [9.17, 15) is 0 Å². The zero-order valence-electron chi connectivity index (χ0n) is 11.8. The van der Waals surface area contributed by atoms with E-state index >= 15 is 0 Å². The van der Waals surface area contributed by atoms with E-state index in [1.54, 1.807) is 11.3 Å². The summed E-state index contributed by atoms with van der Waals surface area (Å²) in [6, 6.07) is 10.2. The number of anilines is 1. The van der Waals surface area contributed by atoms with Gasteiger partial charge in [0.2, 0.25) is 0 Å². The number of nitrogens with zero attached hydrogens (tertiary/aromatic N) is 1. The number of thiophene rings is 1. The van der Waals surface area contributed by atoms with E-state index in [-0.39, 0.29) is 6.61 Å². The first kappa shape index (κ1) is 14.2. The molecule has 2 aromatic rings. The summed E-state index contributed by atoms with van der Waals surface area (Å²) in [5.74, 6) is 1.61. The summed E-state index contributed by atoms with van der Waals surface area (Å²) in [4.78, 5) is 3.57. The molecule has 0 saturated heterocycles. The van der Waals surface area contributed by atoms with Crippen LogP contribution < -0.4 is 14.4 Å². The second kappa shape index (κ2) is 6.83. The SMILES string of the molecule is OCCCN(Cc1cccs1)c1ccc2c(c1)OCCO2. The maximum Gasteiger partial charge on any atom is 0.163 e. The maximum atomic E-state index is 9.11. The summed E-state index contributed by atoms with van der Waals surface area (Å²) >= 11 is 1.75. The van der Waals surface area contributed by atoms with Crippen LogP contribution >= 0.6 is 11.3 Å². The number of aliphatic hydroxyl groups excluding tert-OH is 1. The fraction of sp³-hybridized carbons (Fsp3) is 0.375. The van der Waals surface area contributed by atoms with Crippen molar-refractivity contribution in [2.24, 2.45) is 0 Å². The minimum atomic E-state index is 0.200. The highest BCUT2D eigenvalue weighted by molar-refractivity contribution is 7.09. The van der Waals surface area contributed by atoms with Crippen LogP contribution in [0.2, 0.25) is 0 Å². The summed E-state index contributed by atoms with van der Waals surface area (Å²) in [6.45, 7) is 3.06. The summed E-state index contributed by atoms with van der Waals surface area (Å²) in [5.41, 5.74) is 1.10. The van der Waals surface area contributed by atoms with Crippen LogP contribution in [-0.4, -0.2) is 31.5 Å². The van der Waals surface area contributed by atoms with Gasteiger partial charge in [0.05, 0.1) is 6.54 Å². The van der Waals surface area contributed by atoms with E-state index in [0.29, 0.717) is 13.2 Å². The van der Waals surface area contributed by atoms with Crippen molar-refractivity contribution in [1.29, 1.82) is 0 Å². The Hall–Kier alpha value is -1.72. The van der Waals surface area contributed by atoms with Crippen molar-refractivity contribution in [3.63, 3.8) is 0 Å². The van der Waals surface area contributed by atoms with Gasteiger partial charge in [0.15, 0.2) is 11.5 Å². The Balaban J connectivity index is 1.81. The molecule has 0 bridgehead atoms. The molecule has 0 fully saturated rings. The fourth-order valence-corrected chi connectivity index (χ4v) is 3.10. The molecule has 0 amide bonds. The lowest BCUT2D eigenvalue weighted by molar-refractivity contribution is 0.171. The minimum absolute atomic E-state index is 0.200. The van der Waals surface area contributed by atoms with Gasteiger partial charge in [-0.25, -0.2) is 0 Å². The molecule has 1 N–H and O–H groups in total. The molecule has 5 heteroatoms. The Bertz CT molecular complexity index is 571. The van der Waals surface area contributed by atoms with Crippen molar-refractivity contribution < 1.29 is 14.6 Å². The average Bonchev–Trinajstić information content (AvgIpc) is 3.04. The van der Waals surface area contributed by atoms with E-state index in [2.05, 4.69) is 28.5 Å². The third-order valence-electron chi connectivity index (χ3n) is 3.40. The van der Waals surface area contributed by atoms with Gasteiger partial charge in [-0.05, 0) is 30.0 Å². The van der Waals surface area contributed by atoms with Crippen LogP contribution in [0, 0.1) is 0 Å². The van der Waals surface area contributed by atoms with Crippen molar-refractivity contribution in [3.8, 4) is 11.5 Å². The predicted molar refractivity (Wildman–Crippen MR) is 84.5 cm³/mol. The highest BCUT2D eigenvalue weighted by Crippen LogP contribution is 2.34. The van der Waals surface area contributed by atoms with Crippen LogP contribution in [-0.2, 0) is 6.54 Å². The van der Waals surface area contributed by atoms with Gasteiger partial charge in [-0.15, -0.1) is 11.3 Å². The van der Waals surface area contributed by atoms with E-state index in [0.717, 1.165) is 36.7 Å². The van der Waals surface area contributed by atoms with Gasteiger partial charge in [-0.1, -0.05) is 6.07 Å². The molecule has 1 aliphatic heterocycles.